The lowest BCUT2D eigenvalue weighted by molar-refractivity contribution is -0.130. The predicted octanol–water partition coefficient (Wildman–Crippen LogP) is 3.87. The van der Waals surface area contributed by atoms with Gasteiger partial charge in [-0.1, -0.05) is 42.5 Å². The number of ether oxygens (including phenoxy) is 1. The van der Waals surface area contributed by atoms with Crippen LogP contribution in [0, 0.1) is 5.39 Å². The minimum absolute atomic E-state index is 0.309. The number of nitrogens with zero attached hydrogens (tertiary/aromatic N) is 3. The number of benzene rings is 2. The minimum atomic E-state index is -0.932. The van der Waals surface area contributed by atoms with Crippen LogP contribution in [-0.4, -0.2) is 18.1 Å². The zero-order valence-corrected chi connectivity index (χ0v) is 13.5. The lowest BCUT2D eigenvalue weighted by atomic mass is 10.2. The molecule has 6 nitrogen and oxygen atoms in total. The summed E-state index contributed by atoms with van der Waals surface area (Å²) in [4.78, 5) is 16.7. The molecule has 0 spiro atoms. The number of para-hydroxylation sites is 2. The number of aliphatic hydroxyl groups is 1. The van der Waals surface area contributed by atoms with E-state index in [2.05, 4.69) is 4.98 Å². The average molecular weight is 324 g/mol. The van der Waals surface area contributed by atoms with Crippen LogP contribution >= 0.6 is 0 Å². The van der Waals surface area contributed by atoms with Gasteiger partial charge in [-0.05, 0) is 17.7 Å². The Morgan fingerprint density at radius 2 is 1.79 bits per heavy atom. The first-order valence-corrected chi connectivity index (χ1v) is 7.34. The summed E-state index contributed by atoms with van der Waals surface area (Å²) in [5, 5.41) is 18.2. The molecular weight excluding hydrogens is 306 g/mol. The zero-order valence-electron chi connectivity index (χ0n) is 13.5. The van der Waals surface area contributed by atoms with Gasteiger partial charge in [0.25, 0.3) is 0 Å². The monoisotopic (exact) mass is 324 g/mol. The number of aliphatic hydroxyl groups excluding tert-OH is 1. The van der Waals surface area contributed by atoms with E-state index in [1.807, 2.05) is 54.4 Å². The first-order chi connectivity index (χ1) is 11.5. The Balaban J connectivity index is 2.23. The largest absolute Gasteiger partial charge is 0.505 e. The molecule has 122 valence electrons. The highest BCUT2D eigenvalue weighted by Gasteiger charge is 2.30. The molecule has 0 amide bonds. The van der Waals surface area contributed by atoms with Crippen LogP contribution in [0.2, 0.25) is 0 Å². The highest BCUT2D eigenvalue weighted by atomic mass is 16.5. The van der Waals surface area contributed by atoms with E-state index in [0.29, 0.717) is 18.0 Å². The SMILES string of the molecule is C/C(O)=C(\[N+]#N)C(=O)Oc1ccccc1N(C)Cc1ccccc1. The van der Waals surface area contributed by atoms with Gasteiger partial charge < -0.3 is 14.7 Å². The molecule has 2 aromatic carbocycles. The fourth-order valence-electron chi connectivity index (χ4n) is 2.21. The Labute approximate surface area is 140 Å². The van der Waals surface area contributed by atoms with Crippen LogP contribution in [0.3, 0.4) is 0 Å². The summed E-state index contributed by atoms with van der Waals surface area (Å²) < 4.78 is 5.27. The number of hydrogen-bond donors (Lipinski definition) is 1. The van der Waals surface area contributed by atoms with E-state index < -0.39 is 17.4 Å². The maximum atomic E-state index is 12.0. The van der Waals surface area contributed by atoms with Crippen molar-refractivity contribution in [3.63, 3.8) is 0 Å². The Kier molecular flexibility index (Phi) is 5.53. The van der Waals surface area contributed by atoms with Gasteiger partial charge >= 0.3 is 11.7 Å². The van der Waals surface area contributed by atoms with E-state index in [-0.39, 0.29) is 0 Å². The third kappa shape index (κ3) is 4.11. The fraction of sp³-hybridized carbons (Fsp3) is 0.167. The first kappa shape index (κ1) is 17.0. The molecule has 0 aliphatic rings. The summed E-state index contributed by atoms with van der Waals surface area (Å²) in [7, 11) is 1.88. The summed E-state index contributed by atoms with van der Waals surface area (Å²) in [5.74, 6) is -1.04. The number of diazo groups is 1. The molecule has 0 bridgehead atoms. The Morgan fingerprint density at radius 1 is 1.17 bits per heavy atom. The summed E-state index contributed by atoms with van der Waals surface area (Å²) in [5.41, 5.74) is 1.27. The number of anilines is 1. The second-order valence-electron chi connectivity index (χ2n) is 5.23. The molecule has 2 aromatic rings. The molecule has 0 saturated carbocycles. The van der Waals surface area contributed by atoms with E-state index in [0.717, 1.165) is 5.56 Å². The van der Waals surface area contributed by atoms with Crippen LogP contribution in [0.1, 0.15) is 12.5 Å². The third-order valence-corrected chi connectivity index (χ3v) is 3.38. The molecule has 1 N–H and O–H groups in total. The summed E-state index contributed by atoms with van der Waals surface area (Å²) in [6.45, 7) is 1.87. The Hall–Kier alpha value is -3.33. The average Bonchev–Trinajstić information content (AvgIpc) is 2.56. The molecule has 24 heavy (non-hydrogen) atoms. The minimum Gasteiger partial charge on any atom is -0.505 e. The molecule has 2 rings (SSSR count). The van der Waals surface area contributed by atoms with Crippen LogP contribution in [0.4, 0.5) is 5.69 Å². The standard InChI is InChI=1S/C18H17N3O3/c1-13(22)17(20-19)18(23)24-16-11-7-6-10-15(16)21(2)12-14-8-4-3-5-9-14/h3-11H,12H2,1-2H3/p+1. The van der Waals surface area contributed by atoms with Crippen molar-refractivity contribution in [1.82, 2.24) is 0 Å². The van der Waals surface area contributed by atoms with Gasteiger partial charge in [0.2, 0.25) is 5.39 Å². The van der Waals surface area contributed by atoms with Crippen molar-refractivity contribution in [2.75, 3.05) is 11.9 Å². The quantitative estimate of drug-likeness (QED) is 0.297. The van der Waals surface area contributed by atoms with Gasteiger partial charge in [0.1, 0.15) is 0 Å². The van der Waals surface area contributed by atoms with Gasteiger partial charge in [-0.15, -0.1) is 0 Å². The molecule has 0 unspecified atom stereocenters. The molecule has 0 saturated heterocycles. The molecular formula is C18H18N3O3+. The van der Waals surface area contributed by atoms with Crippen LogP contribution in [0.5, 0.6) is 5.75 Å². The summed E-state index contributed by atoms with van der Waals surface area (Å²) >= 11 is 0. The number of rotatable bonds is 5. The maximum Gasteiger partial charge on any atom is 0.505 e. The van der Waals surface area contributed by atoms with Gasteiger partial charge in [0.15, 0.2) is 16.5 Å². The van der Waals surface area contributed by atoms with E-state index in [4.69, 9.17) is 10.1 Å². The summed E-state index contributed by atoms with van der Waals surface area (Å²) in [6, 6.07) is 16.9. The van der Waals surface area contributed by atoms with Crippen LogP contribution in [-0.2, 0) is 11.3 Å². The number of esters is 1. The van der Waals surface area contributed by atoms with Gasteiger partial charge in [0, 0.05) is 20.5 Å². The second-order valence-corrected chi connectivity index (χ2v) is 5.23. The molecule has 0 heterocycles. The molecule has 0 aliphatic carbocycles. The van der Waals surface area contributed by atoms with Crippen molar-refractivity contribution in [2.45, 2.75) is 13.5 Å². The van der Waals surface area contributed by atoms with Crippen molar-refractivity contribution in [2.24, 2.45) is 0 Å². The first-order valence-electron chi connectivity index (χ1n) is 7.34. The van der Waals surface area contributed by atoms with Gasteiger partial charge in [-0.2, -0.15) is 0 Å². The lowest BCUT2D eigenvalue weighted by Gasteiger charge is -2.21. The maximum absolute atomic E-state index is 12.0. The van der Waals surface area contributed by atoms with E-state index >= 15 is 0 Å². The van der Waals surface area contributed by atoms with Crippen molar-refractivity contribution < 1.29 is 14.6 Å². The molecule has 0 aliphatic heterocycles. The fourth-order valence-corrected chi connectivity index (χ4v) is 2.21. The number of carbonyl (C=O) groups excluding carboxylic acids is 1. The molecule has 6 heteroatoms. The van der Waals surface area contributed by atoms with E-state index in [9.17, 15) is 9.90 Å². The highest BCUT2D eigenvalue weighted by molar-refractivity contribution is 5.93. The van der Waals surface area contributed by atoms with Crippen molar-refractivity contribution in [1.29, 1.82) is 5.39 Å². The Bertz CT molecular complexity index is 791. The van der Waals surface area contributed by atoms with Crippen LogP contribution in [0.25, 0.3) is 4.98 Å². The van der Waals surface area contributed by atoms with Crippen molar-refractivity contribution in [3.05, 3.63) is 76.6 Å². The normalized spacial score (nSPS) is 11.2. The number of carbonyl (C=O) groups is 1. The highest BCUT2D eigenvalue weighted by Crippen LogP contribution is 2.29. The lowest BCUT2D eigenvalue weighted by Crippen LogP contribution is -2.19. The smallest absolute Gasteiger partial charge is 0.505 e. The van der Waals surface area contributed by atoms with Crippen molar-refractivity contribution >= 4 is 11.7 Å². The van der Waals surface area contributed by atoms with Crippen LogP contribution < -0.4 is 9.64 Å². The molecule has 0 atom stereocenters. The number of allylic oxidation sites excluding steroid dienone is 1. The van der Waals surface area contributed by atoms with Gasteiger partial charge in [0.05, 0.1) is 5.69 Å². The van der Waals surface area contributed by atoms with Gasteiger partial charge in [-0.3, -0.25) is 0 Å². The second kappa shape index (κ2) is 7.79. The summed E-state index contributed by atoms with van der Waals surface area (Å²) in [6.07, 6.45) is 0. The third-order valence-electron chi connectivity index (χ3n) is 3.38. The molecule has 0 aromatic heterocycles. The van der Waals surface area contributed by atoms with Crippen LogP contribution in [0.15, 0.2) is 66.1 Å². The molecule has 0 fully saturated rings. The van der Waals surface area contributed by atoms with Gasteiger partial charge in [-0.25, -0.2) is 4.79 Å². The van der Waals surface area contributed by atoms with Crippen molar-refractivity contribution in [3.8, 4) is 5.75 Å². The van der Waals surface area contributed by atoms with E-state index in [1.54, 1.807) is 12.1 Å². The zero-order chi connectivity index (χ0) is 17.5. The number of hydrogen-bond acceptors (Lipinski definition) is 5. The van der Waals surface area contributed by atoms with E-state index in [1.165, 1.54) is 6.92 Å². The Morgan fingerprint density at radius 3 is 2.42 bits per heavy atom. The topological polar surface area (TPSA) is 77.9 Å². The molecule has 0 radical (unpaired) electrons. The predicted molar refractivity (Wildman–Crippen MR) is 91.0 cm³/mol.